The second-order valence-electron chi connectivity index (χ2n) is 4.95. The van der Waals surface area contributed by atoms with E-state index in [0.717, 1.165) is 11.3 Å². The molecule has 0 spiro atoms. The number of nitrogens with two attached hydrogens (primary N) is 1. The average Bonchev–Trinajstić information content (AvgIpc) is 2.46. The maximum atomic E-state index is 10.7. The number of hydrogen-bond acceptors (Lipinski definition) is 5. The van der Waals surface area contributed by atoms with Gasteiger partial charge in [-0.05, 0) is 12.5 Å². The van der Waals surface area contributed by atoms with Crippen molar-refractivity contribution in [2.45, 2.75) is 13.0 Å². The largest absolute Gasteiger partial charge is 0.465 e. The van der Waals surface area contributed by atoms with Gasteiger partial charge < -0.3 is 16.2 Å². The van der Waals surface area contributed by atoms with Crippen LogP contribution in [0, 0.1) is 0 Å². The maximum Gasteiger partial charge on any atom is 0.410 e. The quantitative estimate of drug-likeness (QED) is 0.680. The van der Waals surface area contributed by atoms with Gasteiger partial charge in [-0.15, -0.1) is 0 Å². The minimum absolute atomic E-state index is 0.0330. The Hall–Kier alpha value is -3.09. The van der Waals surface area contributed by atoms with Crippen molar-refractivity contribution >= 4 is 34.8 Å². The Labute approximate surface area is 126 Å². The number of carboxylic acid groups (broad SMARTS) is 1. The molecule has 1 atom stereocenters. The lowest BCUT2D eigenvalue weighted by Crippen LogP contribution is -2.30. The number of nitrogens with one attached hydrogen (secondary N) is 2. The molecule has 5 N–H and O–H groups in total. The lowest BCUT2D eigenvalue weighted by Gasteiger charge is -2.25. The van der Waals surface area contributed by atoms with E-state index < -0.39 is 6.09 Å². The van der Waals surface area contributed by atoms with Crippen LogP contribution in [0.3, 0.4) is 0 Å². The Morgan fingerprint density at radius 3 is 2.77 bits per heavy atom. The van der Waals surface area contributed by atoms with Gasteiger partial charge in [0, 0.05) is 6.07 Å². The molecule has 0 saturated heterocycles. The first-order valence-electron chi connectivity index (χ1n) is 6.75. The molecule has 7 heteroatoms. The molecular weight excluding hydrogens is 282 g/mol. The number of pyridine rings is 1. The fourth-order valence-electron chi connectivity index (χ4n) is 2.40. The van der Waals surface area contributed by atoms with Crippen LogP contribution in [-0.4, -0.2) is 27.9 Å². The SMILES string of the molecule is C[C@@H]1Nc2cc(NC(=O)O)nc(N)c2N=C1c1ccccc1. The highest BCUT2D eigenvalue weighted by molar-refractivity contribution is 6.10. The van der Waals surface area contributed by atoms with Gasteiger partial charge in [0.05, 0.1) is 17.4 Å². The Morgan fingerprint density at radius 1 is 1.36 bits per heavy atom. The van der Waals surface area contributed by atoms with Gasteiger partial charge in [-0.1, -0.05) is 30.3 Å². The number of rotatable bonds is 2. The number of nitrogen functional groups attached to an aromatic ring is 1. The van der Waals surface area contributed by atoms with Crippen LogP contribution in [0.5, 0.6) is 0 Å². The van der Waals surface area contributed by atoms with Gasteiger partial charge in [-0.2, -0.15) is 0 Å². The molecule has 7 nitrogen and oxygen atoms in total. The molecule has 112 valence electrons. The van der Waals surface area contributed by atoms with Crippen molar-refractivity contribution in [1.82, 2.24) is 4.98 Å². The van der Waals surface area contributed by atoms with Gasteiger partial charge in [0.1, 0.15) is 11.5 Å². The van der Waals surface area contributed by atoms with Crippen molar-refractivity contribution in [3.05, 3.63) is 42.0 Å². The van der Waals surface area contributed by atoms with Crippen molar-refractivity contribution in [2.24, 2.45) is 4.99 Å². The van der Waals surface area contributed by atoms with E-state index in [4.69, 9.17) is 10.8 Å². The second kappa shape index (κ2) is 5.36. The first-order valence-corrected chi connectivity index (χ1v) is 6.75. The Kier molecular flexibility index (Phi) is 3.38. The van der Waals surface area contributed by atoms with Gasteiger partial charge in [0.15, 0.2) is 5.82 Å². The highest BCUT2D eigenvalue weighted by atomic mass is 16.4. The molecule has 22 heavy (non-hydrogen) atoms. The number of aromatic nitrogens is 1. The average molecular weight is 297 g/mol. The molecular formula is C15H15N5O2. The number of benzene rings is 1. The number of carbonyl (C=O) groups is 1. The number of fused-ring (bicyclic) bond motifs is 1. The Balaban J connectivity index is 2.05. The van der Waals surface area contributed by atoms with Gasteiger partial charge in [0.25, 0.3) is 0 Å². The second-order valence-corrected chi connectivity index (χ2v) is 4.95. The Morgan fingerprint density at radius 2 is 2.09 bits per heavy atom. The molecule has 1 amide bonds. The van der Waals surface area contributed by atoms with E-state index in [1.807, 2.05) is 37.3 Å². The summed E-state index contributed by atoms with van der Waals surface area (Å²) in [5.74, 6) is 0.343. The molecule has 0 bridgehead atoms. The summed E-state index contributed by atoms with van der Waals surface area (Å²) in [7, 11) is 0. The normalized spacial score (nSPS) is 16.2. The summed E-state index contributed by atoms with van der Waals surface area (Å²) in [6.45, 7) is 1.98. The molecule has 0 radical (unpaired) electrons. The van der Waals surface area contributed by atoms with Crippen LogP contribution in [0.15, 0.2) is 41.4 Å². The topological polar surface area (TPSA) is 113 Å². The van der Waals surface area contributed by atoms with Crippen LogP contribution in [0.1, 0.15) is 12.5 Å². The van der Waals surface area contributed by atoms with Crippen molar-refractivity contribution in [3.8, 4) is 0 Å². The maximum absolute atomic E-state index is 10.7. The van der Waals surface area contributed by atoms with Crippen LogP contribution in [-0.2, 0) is 0 Å². The zero-order chi connectivity index (χ0) is 15.7. The summed E-state index contributed by atoms with van der Waals surface area (Å²) in [5.41, 5.74) is 8.95. The number of amides is 1. The third-order valence-electron chi connectivity index (χ3n) is 3.34. The van der Waals surface area contributed by atoms with Gasteiger partial charge in [-0.25, -0.2) is 14.8 Å². The van der Waals surface area contributed by atoms with E-state index in [0.29, 0.717) is 11.4 Å². The van der Waals surface area contributed by atoms with Gasteiger partial charge >= 0.3 is 6.09 Å². The number of aliphatic imine (C=N–C) groups is 1. The van der Waals surface area contributed by atoms with Crippen LogP contribution < -0.4 is 16.4 Å². The zero-order valence-electron chi connectivity index (χ0n) is 11.9. The standard InChI is InChI=1S/C15H15N5O2/c1-8-12(9-5-3-2-4-6-9)20-13-10(17-8)7-11(18-14(13)16)19-15(21)22/h2-8,17H,1H3,(H,21,22)(H3,16,18,19)/t8-/m0/s1. The van der Waals surface area contributed by atoms with E-state index in [2.05, 4.69) is 20.6 Å². The lowest BCUT2D eigenvalue weighted by atomic mass is 10.0. The molecule has 0 aliphatic carbocycles. The van der Waals surface area contributed by atoms with Crippen LogP contribution in [0.4, 0.5) is 27.8 Å². The highest BCUT2D eigenvalue weighted by Crippen LogP contribution is 2.37. The zero-order valence-corrected chi connectivity index (χ0v) is 11.9. The molecule has 1 aromatic heterocycles. The van der Waals surface area contributed by atoms with E-state index in [1.54, 1.807) is 6.07 Å². The molecule has 2 heterocycles. The molecule has 0 saturated carbocycles. The van der Waals surface area contributed by atoms with Gasteiger partial charge in [-0.3, -0.25) is 5.32 Å². The number of nitrogens with zero attached hydrogens (tertiary/aromatic N) is 2. The van der Waals surface area contributed by atoms with E-state index in [1.165, 1.54) is 0 Å². The third kappa shape index (κ3) is 2.56. The minimum atomic E-state index is -1.19. The first kappa shape index (κ1) is 13.9. The molecule has 1 aliphatic rings. The molecule has 0 unspecified atom stereocenters. The van der Waals surface area contributed by atoms with Crippen LogP contribution in [0.25, 0.3) is 0 Å². The smallest absolute Gasteiger partial charge is 0.410 e. The Bertz CT molecular complexity index is 758. The predicted octanol–water partition coefficient (Wildman–Crippen LogP) is 2.69. The van der Waals surface area contributed by atoms with Crippen molar-refractivity contribution < 1.29 is 9.90 Å². The summed E-state index contributed by atoms with van der Waals surface area (Å²) in [6.07, 6.45) is -1.19. The molecule has 1 aliphatic heterocycles. The first-order chi connectivity index (χ1) is 10.5. The fourth-order valence-corrected chi connectivity index (χ4v) is 2.40. The predicted molar refractivity (Wildman–Crippen MR) is 86.0 cm³/mol. The molecule has 0 fully saturated rings. The third-order valence-corrected chi connectivity index (χ3v) is 3.34. The van der Waals surface area contributed by atoms with Crippen molar-refractivity contribution in [2.75, 3.05) is 16.4 Å². The minimum Gasteiger partial charge on any atom is -0.465 e. The summed E-state index contributed by atoms with van der Waals surface area (Å²) < 4.78 is 0. The molecule has 3 rings (SSSR count). The van der Waals surface area contributed by atoms with E-state index in [-0.39, 0.29) is 17.7 Å². The molecule has 1 aromatic carbocycles. The lowest BCUT2D eigenvalue weighted by molar-refractivity contribution is 0.209. The summed E-state index contributed by atoms with van der Waals surface area (Å²) in [4.78, 5) is 19.3. The summed E-state index contributed by atoms with van der Waals surface area (Å²) in [5, 5.41) is 14.2. The van der Waals surface area contributed by atoms with Crippen LogP contribution >= 0.6 is 0 Å². The van der Waals surface area contributed by atoms with Gasteiger partial charge in [0.2, 0.25) is 0 Å². The summed E-state index contributed by atoms with van der Waals surface area (Å²) in [6, 6.07) is 11.3. The van der Waals surface area contributed by atoms with Crippen molar-refractivity contribution in [3.63, 3.8) is 0 Å². The number of hydrogen-bond donors (Lipinski definition) is 4. The monoisotopic (exact) mass is 297 g/mol. The number of anilines is 3. The summed E-state index contributed by atoms with van der Waals surface area (Å²) >= 11 is 0. The highest BCUT2D eigenvalue weighted by Gasteiger charge is 2.23. The fraction of sp³-hybridized carbons (Fsp3) is 0.133. The van der Waals surface area contributed by atoms with Crippen molar-refractivity contribution in [1.29, 1.82) is 0 Å². The van der Waals surface area contributed by atoms with E-state index in [9.17, 15) is 4.79 Å². The molecule has 2 aromatic rings. The van der Waals surface area contributed by atoms with Crippen LogP contribution in [0.2, 0.25) is 0 Å². The van der Waals surface area contributed by atoms with E-state index >= 15 is 0 Å².